The van der Waals surface area contributed by atoms with Crippen molar-refractivity contribution in [3.8, 4) is 0 Å². The summed E-state index contributed by atoms with van der Waals surface area (Å²) in [4.78, 5) is 19.3. The fourth-order valence-corrected chi connectivity index (χ4v) is 5.41. The Balaban J connectivity index is 1.68. The minimum atomic E-state index is -3.31. The van der Waals surface area contributed by atoms with Gasteiger partial charge in [0.25, 0.3) is 5.91 Å². The number of sulfonamides is 1. The molecule has 4 rings (SSSR count). The maximum Gasteiger partial charge on any atom is 0.253 e. The van der Waals surface area contributed by atoms with Crippen molar-refractivity contribution in [1.29, 1.82) is 0 Å². The zero-order valence-corrected chi connectivity index (χ0v) is 16.2. The highest BCUT2D eigenvalue weighted by Gasteiger charge is 2.58. The molecule has 1 aromatic carbocycles. The van der Waals surface area contributed by atoms with Gasteiger partial charge < -0.3 is 4.90 Å². The summed E-state index contributed by atoms with van der Waals surface area (Å²) in [5, 5.41) is 7.21. The van der Waals surface area contributed by atoms with Crippen molar-refractivity contribution in [1.82, 2.24) is 24.4 Å². The Kier molecular flexibility index (Phi) is 4.31. The van der Waals surface area contributed by atoms with Crippen molar-refractivity contribution in [2.45, 2.75) is 19.3 Å². The third-order valence-electron chi connectivity index (χ3n) is 5.69. The van der Waals surface area contributed by atoms with Crippen molar-refractivity contribution in [2.75, 3.05) is 31.9 Å². The zero-order valence-electron chi connectivity index (χ0n) is 15.4. The molecule has 2 saturated heterocycles. The van der Waals surface area contributed by atoms with Crippen LogP contribution < -0.4 is 0 Å². The van der Waals surface area contributed by atoms with Crippen LogP contribution in [-0.2, 0) is 15.4 Å². The molecule has 2 aliphatic heterocycles. The number of hydrogen-bond acceptors (Lipinski definition) is 5. The fourth-order valence-electron chi connectivity index (χ4n) is 4.21. The van der Waals surface area contributed by atoms with E-state index in [1.54, 1.807) is 19.1 Å². The first-order valence-electron chi connectivity index (χ1n) is 9.07. The number of fused-ring (bicyclic) bond motifs is 1. The number of aromatic nitrogens is 3. The summed E-state index contributed by atoms with van der Waals surface area (Å²) in [5.41, 5.74) is 0.0640. The van der Waals surface area contributed by atoms with Gasteiger partial charge >= 0.3 is 0 Å². The van der Waals surface area contributed by atoms with Crippen LogP contribution >= 0.6 is 0 Å². The Hall–Kier alpha value is -2.26. The van der Waals surface area contributed by atoms with Gasteiger partial charge in [-0.05, 0) is 26.0 Å². The fraction of sp³-hybridized carbons (Fsp3) is 0.500. The smallest absolute Gasteiger partial charge is 0.253 e. The van der Waals surface area contributed by atoms with Gasteiger partial charge in [0.05, 0.1) is 11.2 Å². The summed E-state index contributed by atoms with van der Waals surface area (Å²) >= 11 is 0. The Morgan fingerprint density at radius 3 is 2.63 bits per heavy atom. The largest absolute Gasteiger partial charge is 0.337 e. The number of aryl methyl sites for hydroxylation is 1. The van der Waals surface area contributed by atoms with Gasteiger partial charge in [0.1, 0.15) is 5.82 Å². The lowest BCUT2D eigenvalue weighted by Gasteiger charge is -2.26. The first kappa shape index (κ1) is 18.1. The molecule has 8 nitrogen and oxygen atoms in total. The summed E-state index contributed by atoms with van der Waals surface area (Å²) in [5.74, 6) is 1.28. The molecule has 2 fully saturated rings. The van der Waals surface area contributed by atoms with Crippen molar-refractivity contribution < 1.29 is 13.2 Å². The first-order valence-corrected chi connectivity index (χ1v) is 10.7. The number of nitrogens with one attached hydrogen (secondary N) is 1. The SMILES string of the molecule is CCS(=O)(=O)N1C[C@@H]2CN(C(=O)c3ccccc3)C[C@]2(c2n[nH]c(C)n2)C1. The Morgan fingerprint density at radius 1 is 1.26 bits per heavy atom. The van der Waals surface area contributed by atoms with Crippen LogP contribution in [0.15, 0.2) is 30.3 Å². The predicted octanol–water partition coefficient (Wildman–Crippen LogP) is 0.788. The molecule has 0 saturated carbocycles. The lowest BCUT2D eigenvalue weighted by atomic mass is 9.80. The van der Waals surface area contributed by atoms with E-state index in [2.05, 4.69) is 15.2 Å². The predicted molar refractivity (Wildman–Crippen MR) is 99.7 cm³/mol. The molecule has 144 valence electrons. The molecular weight excluding hydrogens is 366 g/mol. The van der Waals surface area contributed by atoms with Gasteiger partial charge in [-0.1, -0.05) is 18.2 Å². The van der Waals surface area contributed by atoms with Gasteiger partial charge in [-0.3, -0.25) is 9.89 Å². The van der Waals surface area contributed by atoms with Crippen LogP contribution in [-0.4, -0.2) is 70.6 Å². The summed E-state index contributed by atoms with van der Waals surface area (Å²) in [6.07, 6.45) is 0. The topological polar surface area (TPSA) is 99.3 Å². The third kappa shape index (κ3) is 2.94. The van der Waals surface area contributed by atoms with Crippen LogP contribution in [0.2, 0.25) is 0 Å². The Bertz CT molecular complexity index is 958. The Morgan fingerprint density at radius 2 is 2.00 bits per heavy atom. The number of carbonyl (C=O) groups excluding carboxylic acids is 1. The maximum absolute atomic E-state index is 12.9. The average Bonchev–Trinajstić information content (AvgIpc) is 3.34. The van der Waals surface area contributed by atoms with Crippen LogP contribution in [0.5, 0.6) is 0 Å². The van der Waals surface area contributed by atoms with Crippen LogP contribution in [0, 0.1) is 12.8 Å². The van der Waals surface area contributed by atoms with E-state index in [0.29, 0.717) is 43.4 Å². The van der Waals surface area contributed by atoms with Crippen molar-refractivity contribution in [3.63, 3.8) is 0 Å². The highest BCUT2D eigenvalue weighted by atomic mass is 32.2. The van der Waals surface area contributed by atoms with Gasteiger partial charge in [0.15, 0.2) is 5.82 Å². The van der Waals surface area contributed by atoms with Gasteiger partial charge in [-0.15, -0.1) is 0 Å². The van der Waals surface area contributed by atoms with E-state index in [1.165, 1.54) is 4.31 Å². The molecule has 0 bridgehead atoms. The molecular formula is C18H23N5O3S. The number of benzene rings is 1. The summed E-state index contributed by atoms with van der Waals surface area (Å²) in [6, 6.07) is 9.16. The lowest BCUT2D eigenvalue weighted by Crippen LogP contribution is -2.42. The lowest BCUT2D eigenvalue weighted by molar-refractivity contribution is 0.0775. The maximum atomic E-state index is 12.9. The number of amides is 1. The molecule has 3 heterocycles. The Labute approximate surface area is 158 Å². The van der Waals surface area contributed by atoms with Gasteiger partial charge in [-0.2, -0.15) is 5.10 Å². The van der Waals surface area contributed by atoms with Crippen molar-refractivity contribution >= 4 is 15.9 Å². The third-order valence-corrected chi connectivity index (χ3v) is 7.48. The van der Waals surface area contributed by atoms with E-state index < -0.39 is 15.4 Å². The van der Waals surface area contributed by atoms with E-state index in [9.17, 15) is 13.2 Å². The highest BCUT2D eigenvalue weighted by molar-refractivity contribution is 7.89. The van der Waals surface area contributed by atoms with Crippen LogP contribution in [0.3, 0.4) is 0 Å². The quantitative estimate of drug-likeness (QED) is 0.833. The second-order valence-electron chi connectivity index (χ2n) is 7.34. The van der Waals surface area contributed by atoms with E-state index >= 15 is 0 Å². The molecule has 0 radical (unpaired) electrons. The number of rotatable bonds is 4. The number of carbonyl (C=O) groups is 1. The van der Waals surface area contributed by atoms with Gasteiger partial charge in [0.2, 0.25) is 10.0 Å². The van der Waals surface area contributed by atoms with Crippen LogP contribution in [0.1, 0.15) is 28.9 Å². The average molecular weight is 389 g/mol. The number of hydrogen-bond donors (Lipinski definition) is 1. The summed E-state index contributed by atoms with van der Waals surface area (Å²) in [6.45, 7) is 5.08. The molecule has 1 amide bonds. The van der Waals surface area contributed by atoms with Crippen molar-refractivity contribution in [3.05, 3.63) is 47.5 Å². The molecule has 2 aliphatic rings. The molecule has 2 aromatic rings. The van der Waals surface area contributed by atoms with Crippen LogP contribution in [0.4, 0.5) is 0 Å². The standard InChI is InChI=1S/C18H23N5O3S/c1-3-27(25,26)23-10-15-9-22(16(24)14-7-5-4-6-8-14)11-18(15,12-23)17-19-13(2)20-21-17/h4-8,15H,3,9-12H2,1-2H3,(H,19,20,21)/t15-,18-/m0/s1. The van der Waals surface area contributed by atoms with E-state index in [4.69, 9.17) is 0 Å². The molecule has 0 spiro atoms. The number of aromatic amines is 1. The van der Waals surface area contributed by atoms with E-state index in [1.807, 2.05) is 30.0 Å². The summed E-state index contributed by atoms with van der Waals surface area (Å²) < 4.78 is 26.4. The van der Waals surface area contributed by atoms with Gasteiger partial charge in [-0.25, -0.2) is 17.7 Å². The molecule has 9 heteroatoms. The number of H-pyrrole nitrogens is 1. The molecule has 0 unspecified atom stereocenters. The van der Waals surface area contributed by atoms with Gasteiger partial charge in [0, 0.05) is 37.7 Å². The molecule has 27 heavy (non-hydrogen) atoms. The zero-order chi connectivity index (χ0) is 19.2. The van der Waals surface area contributed by atoms with E-state index in [0.717, 1.165) is 0 Å². The molecule has 1 N–H and O–H groups in total. The summed E-state index contributed by atoms with van der Waals surface area (Å²) in [7, 11) is -3.31. The number of nitrogens with zero attached hydrogens (tertiary/aromatic N) is 4. The van der Waals surface area contributed by atoms with E-state index in [-0.39, 0.29) is 17.6 Å². The second-order valence-corrected chi connectivity index (χ2v) is 9.60. The first-order chi connectivity index (χ1) is 12.9. The number of likely N-dealkylation sites (tertiary alicyclic amines) is 1. The monoisotopic (exact) mass is 389 g/mol. The molecule has 0 aliphatic carbocycles. The van der Waals surface area contributed by atoms with Crippen molar-refractivity contribution in [2.24, 2.45) is 5.92 Å². The highest BCUT2D eigenvalue weighted by Crippen LogP contribution is 2.44. The second kappa shape index (κ2) is 6.42. The minimum absolute atomic E-state index is 0.0262. The molecule has 1 aromatic heterocycles. The van der Waals surface area contributed by atoms with Crippen LogP contribution in [0.25, 0.3) is 0 Å². The minimum Gasteiger partial charge on any atom is -0.337 e. The molecule has 2 atom stereocenters. The normalized spacial score (nSPS) is 25.7.